The molecule has 0 bridgehead atoms. The van der Waals surface area contributed by atoms with Gasteiger partial charge in [0.25, 0.3) is 0 Å². The van der Waals surface area contributed by atoms with Crippen molar-refractivity contribution in [2.24, 2.45) is 5.41 Å². The van der Waals surface area contributed by atoms with Crippen LogP contribution in [0.2, 0.25) is 5.02 Å². The van der Waals surface area contributed by atoms with Crippen molar-refractivity contribution in [1.29, 1.82) is 0 Å². The summed E-state index contributed by atoms with van der Waals surface area (Å²) in [6, 6.07) is 13.3. The molecule has 1 heterocycles. The summed E-state index contributed by atoms with van der Waals surface area (Å²) in [6.07, 6.45) is 0.521. The van der Waals surface area contributed by atoms with Crippen LogP contribution < -0.4 is 0 Å². The average molecular weight is 474 g/mol. The van der Waals surface area contributed by atoms with Gasteiger partial charge in [-0.05, 0) is 56.7 Å². The van der Waals surface area contributed by atoms with Gasteiger partial charge >= 0.3 is 5.97 Å². The molecule has 0 aliphatic heterocycles. The summed E-state index contributed by atoms with van der Waals surface area (Å²) in [4.78, 5) is 13.8. The van der Waals surface area contributed by atoms with E-state index in [1.807, 2.05) is 57.2 Å². The van der Waals surface area contributed by atoms with Crippen LogP contribution in [0, 0.1) is 5.41 Å². The number of esters is 1. The van der Waals surface area contributed by atoms with Crippen LogP contribution in [0.4, 0.5) is 0 Å². The fourth-order valence-electron chi connectivity index (χ4n) is 3.73. The van der Waals surface area contributed by atoms with E-state index < -0.39 is 5.41 Å². The summed E-state index contributed by atoms with van der Waals surface area (Å²) < 4.78 is 7.58. The van der Waals surface area contributed by atoms with E-state index in [1.54, 1.807) is 17.8 Å². The number of fused-ring (bicyclic) bond motifs is 1. The first-order valence-corrected chi connectivity index (χ1v) is 12.1. The molecule has 0 radical (unpaired) electrons. The number of hydrogen-bond acceptors (Lipinski definition) is 4. The topological polar surface area (TPSA) is 51.5 Å². The van der Waals surface area contributed by atoms with Crippen LogP contribution in [0.5, 0.6) is 5.75 Å². The van der Waals surface area contributed by atoms with Gasteiger partial charge in [-0.15, -0.1) is 11.8 Å². The van der Waals surface area contributed by atoms with Gasteiger partial charge in [-0.2, -0.15) is 0 Å². The SMILES string of the molecule is CCOC(=O)C(C)(C)Cc1c(SC(C)(C)C)c2cc(O)ccc2n1Cc1ccc(Cl)cc1. The number of carbonyl (C=O) groups is 1. The second kappa shape index (κ2) is 9.40. The third kappa shape index (κ3) is 5.62. The molecule has 4 nitrogen and oxygen atoms in total. The molecule has 1 N–H and O–H groups in total. The molecule has 0 atom stereocenters. The number of thioether (sulfide) groups is 1. The van der Waals surface area contributed by atoms with Gasteiger partial charge < -0.3 is 14.4 Å². The van der Waals surface area contributed by atoms with Crippen LogP contribution in [0.25, 0.3) is 10.9 Å². The van der Waals surface area contributed by atoms with E-state index in [1.165, 1.54) is 0 Å². The number of hydrogen-bond donors (Lipinski definition) is 1. The lowest BCUT2D eigenvalue weighted by atomic mass is 9.87. The zero-order chi connectivity index (χ0) is 23.7. The molecule has 0 spiro atoms. The number of aromatic nitrogens is 1. The maximum absolute atomic E-state index is 12.7. The number of aromatic hydroxyl groups is 1. The lowest BCUT2D eigenvalue weighted by molar-refractivity contribution is -0.153. The zero-order valence-electron chi connectivity index (χ0n) is 19.7. The Kier molecular flexibility index (Phi) is 7.21. The number of benzene rings is 2. The minimum absolute atomic E-state index is 0.0480. The molecule has 3 rings (SSSR count). The lowest BCUT2D eigenvalue weighted by Crippen LogP contribution is -2.30. The van der Waals surface area contributed by atoms with E-state index in [2.05, 4.69) is 25.3 Å². The Hall–Kier alpha value is -2.11. The van der Waals surface area contributed by atoms with Crippen LogP contribution in [0.3, 0.4) is 0 Å². The Bertz CT molecular complexity index is 1110. The molecule has 0 amide bonds. The minimum Gasteiger partial charge on any atom is -0.508 e. The third-order valence-corrected chi connectivity index (χ3v) is 6.73. The first kappa shape index (κ1) is 24.5. The monoisotopic (exact) mass is 473 g/mol. The first-order valence-electron chi connectivity index (χ1n) is 10.9. The van der Waals surface area contributed by atoms with Gasteiger partial charge in [0, 0.05) is 44.2 Å². The molecule has 6 heteroatoms. The molecule has 0 aliphatic carbocycles. The lowest BCUT2D eigenvalue weighted by Gasteiger charge is -2.26. The summed E-state index contributed by atoms with van der Waals surface area (Å²) in [5.74, 6) is 0.0194. The van der Waals surface area contributed by atoms with Crippen molar-refractivity contribution in [3.05, 3.63) is 58.7 Å². The Morgan fingerprint density at radius 2 is 1.75 bits per heavy atom. The predicted octanol–water partition coefficient (Wildman–Crippen LogP) is 7.07. The van der Waals surface area contributed by atoms with Gasteiger partial charge in [-0.25, -0.2) is 0 Å². The number of phenols is 1. The normalized spacial score (nSPS) is 12.3. The highest BCUT2D eigenvalue weighted by Gasteiger charge is 2.34. The van der Waals surface area contributed by atoms with E-state index in [9.17, 15) is 9.90 Å². The van der Waals surface area contributed by atoms with Gasteiger partial charge in [0.2, 0.25) is 0 Å². The first-order chi connectivity index (χ1) is 14.9. The molecule has 32 heavy (non-hydrogen) atoms. The van der Waals surface area contributed by atoms with E-state index in [0.29, 0.717) is 24.6 Å². The smallest absolute Gasteiger partial charge is 0.311 e. The molecule has 1 aromatic heterocycles. The van der Waals surface area contributed by atoms with Crippen molar-refractivity contribution >= 4 is 40.2 Å². The quantitative estimate of drug-likeness (QED) is 0.294. The van der Waals surface area contributed by atoms with Gasteiger partial charge in [0.15, 0.2) is 0 Å². The van der Waals surface area contributed by atoms with Crippen molar-refractivity contribution < 1.29 is 14.6 Å². The van der Waals surface area contributed by atoms with Crippen LogP contribution in [0.15, 0.2) is 47.4 Å². The molecule has 0 unspecified atom stereocenters. The summed E-state index contributed by atoms with van der Waals surface area (Å²) in [7, 11) is 0. The zero-order valence-corrected chi connectivity index (χ0v) is 21.2. The van der Waals surface area contributed by atoms with E-state index in [-0.39, 0.29) is 16.5 Å². The Balaban J connectivity index is 2.22. The number of phenolic OH excluding ortho intramolecular Hbond substituents is 1. The number of rotatable bonds is 7. The maximum Gasteiger partial charge on any atom is 0.311 e. The second-order valence-corrected chi connectivity index (χ2v) is 12.0. The van der Waals surface area contributed by atoms with Gasteiger partial charge in [-0.1, -0.05) is 44.5 Å². The van der Waals surface area contributed by atoms with Gasteiger partial charge in [-0.3, -0.25) is 4.79 Å². The van der Waals surface area contributed by atoms with E-state index in [4.69, 9.17) is 16.3 Å². The van der Waals surface area contributed by atoms with Crippen molar-refractivity contribution in [3.8, 4) is 5.75 Å². The summed E-state index contributed by atoms with van der Waals surface area (Å²) >= 11 is 7.86. The molecule has 2 aromatic carbocycles. The Labute approximate surface area is 199 Å². The highest BCUT2D eigenvalue weighted by atomic mass is 35.5. The third-order valence-electron chi connectivity index (χ3n) is 5.20. The molecule has 0 saturated carbocycles. The van der Waals surface area contributed by atoms with E-state index >= 15 is 0 Å². The highest BCUT2D eigenvalue weighted by Crippen LogP contribution is 2.44. The predicted molar refractivity (Wildman–Crippen MR) is 134 cm³/mol. The number of halogens is 1. The van der Waals surface area contributed by atoms with Crippen LogP contribution in [-0.2, 0) is 22.5 Å². The molecular formula is C26H32ClNO3S. The molecule has 0 saturated heterocycles. The van der Waals surface area contributed by atoms with Crippen LogP contribution in [-0.4, -0.2) is 27.0 Å². The number of ether oxygens (including phenoxy) is 1. The van der Waals surface area contributed by atoms with Crippen LogP contribution in [0.1, 0.15) is 52.8 Å². The van der Waals surface area contributed by atoms with Crippen molar-refractivity contribution in [3.63, 3.8) is 0 Å². The standard InChI is InChI=1S/C26H32ClNO3S/c1-7-31-24(30)26(5,6)15-22-23(32-25(2,3)4)20-14-19(29)12-13-21(20)28(22)16-17-8-10-18(27)11-9-17/h8-14,29H,7,15-16H2,1-6H3. The Morgan fingerprint density at radius 1 is 1.09 bits per heavy atom. The molecule has 0 fully saturated rings. The number of carbonyl (C=O) groups excluding carboxylic acids is 1. The second-order valence-electron chi connectivity index (χ2n) is 9.69. The minimum atomic E-state index is -0.697. The molecule has 0 aliphatic rings. The molecule has 3 aromatic rings. The van der Waals surface area contributed by atoms with Crippen LogP contribution >= 0.6 is 23.4 Å². The fraction of sp³-hybridized carbons (Fsp3) is 0.423. The van der Waals surface area contributed by atoms with Crippen molar-refractivity contribution in [2.75, 3.05) is 6.61 Å². The van der Waals surface area contributed by atoms with Gasteiger partial charge in [0.05, 0.1) is 12.0 Å². The Morgan fingerprint density at radius 3 is 2.34 bits per heavy atom. The molecule has 172 valence electrons. The van der Waals surface area contributed by atoms with Gasteiger partial charge in [0.1, 0.15) is 5.75 Å². The summed E-state index contributed by atoms with van der Waals surface area (Å²) in [6.45, 7) is 13.2. The van der Waals surface area contributed by atoms with Crippen molar-refractivity contribution in [1.82, 2.24) is 4.57 Å². The largest absolute Gasteiger partial charge is 0.508 e. The molecular weight excluding hydrogens is 442 g/mol. The van der Waals surface area contributed by atoms with Crippen molar-refractivity contribution in [2.45, 2.75) is 64.2 Å². The average Bonchev–Trinajstić information content (AvgIpc) is 2.94. The number of nitrogens with zero attached hydrogens (tertiary/aromatic N) is 1. The summed E-state index contributed by atoms with van der Waals surface area (Å²) in [5, 5.41) is 11.9. The van der Waals surface area contributed by atoms with E-state index in [0.717, 1.165) is 27.1 Å². The fourth-order valence-corrected chi connectivity index (χ4v) is 5.04. The maximum atomic E-state index is 12.7. The highest BCUT2D eigenvalue weighted by molar-refractivity contribution is 8.00. The summed E-state index contributed by atoms with van der Waals surface area (Å²) in [5.41, 5.74) is 2.51.